The molecule has 0 bridgehead atoms. The van der Waals surface area contributed by atoms with Crippen molar-refractivity contribution in [3.8, 4) is 5.75 Å². The lowest BCUT2D eigenvalue weighted by Gasteiger charge is -2.33. The second kappa shape index (κ2) is 7.25. The number of fused-ring (bicyclic) bond motifs is 2. The summed E-state index contributed by atoms with van der Waals surface area (Å²) in [7, 11) is 1.76. The van der Waals surface area contributed by atoms with Gasteiger partial charge < -0.3 is 15.0 Å². The molecular formula is C24H29N3O. The summed E-state index contributed by atoms with van der Waals surface area (Å²) in [4.78, 5) is 7.63. The number of rotatable bonds is 5. The lowest BCUT2D eigenvalue weighted by Crippen LogP contribution is -2.40. The van der Waals surface area contributed by atoms with E-state index in [1.54, 1.807) is 7.11 Å². The number of piperidine rings is 1. The summed E-state index contributed by atoms with van der Waals surface area (Å²) < 4.78 is 5.69. The Bertz CT molecular complexity index is 1000. The number of para-hydroxylation sites is 1. The summed E-state index contributed by atoms with van der Waals surface area (Å²) >= 11 is 0. The standard InChI is InChI=1S/C24H29N3O/c1-3-16-14-22-20(15-23(16)28-2)24(19-6-4-5-7-21(19)26-22)25-17-10-12-27(13-11-17)18-8-9-18/h4-7,14-15,17-18H,3,8-13H2,1-2H3,(H,25,26). The van der Waals surface area contributed by atoms with Gasteiger partial charge in [0.1, 0.15) is 5.75 Å². The molecular weight excluding hydrogens is 346 g/mol. The highest BCUT2D eigenvalue weighted by Crippen LogP contribution is 2.37. The van der Waals surface area contributed by atoms with Crippen LogP contribution in [0.4, 0.5) is 5.69 Å². The van der Waals surface area contributed by atoms with Gasteiger partial charge in [0.2, 0.25) is 0 Å². The molecule has 0 radical (unpaired) electrons. The molecule has 146 valence electrons. The predicted octanol–water partition coefficient (Wildman–Crippen LogP) is 5.00. The van der Waals surface area contributed by atoms with Gasteiger partial charge in [0.05, 0.1) is 23.8 Å². The van der Waals surface area contributed by atoms with Gasteiger partial charge in [-0.15, -0.1) is 0 Å². The Morgan fingerprint density at radius 1 is 1.04 bits per heavy atom. The number of benzene rings is 2. The van der Waals surface area contributed by atoms with Crippen LogP contribution < -0.4 is 10.1 Å². The van der Waals surface area contributed by atoms with Crippen molar-refractivity contribution in [2.45, 2.75) is 51.1 Å². The second-order valence-electron chi connectivity index (χ2n) is 8.22. The number of aromatic nitrogens is 1. The number of hydrogen-bond acceptors (Lipinski definition) is 4. The van der Waals surface area contributed by atoms with Crippen LogP contribution in [0.1, 0.15) is 38.2 Å². The molecule has 0 amide bonds. The zero-order valence-electron chi connectivity index (χ0n) is 16.9. The molecule has 1 aliphatic carbocycles. The van der Waals surface area contributed by atoms with Crippen molar-refractivity contribution in [3.05, 3.63) is 42.0 Å². The Hall–Kier alpha value is -2.33. The second-order valence-corrected chi connectivity index (χ2v) is 8.22. The van der Waals surface area contributed by atoms with E-state index >= 15 is 0 Å². The largest absolute Gasteiger partial charge is 0.496 e. The van der Waals surface area contributed by atoms with Gasteiger partial charge >= 0.3 is 0 Å². The van der Waals surface area contributed by atoms with E-state index in [2.05, 4.69) is 53.5 Å². The van der Waals surface area contributed by atoms with Gasteiger partial charge in [-0.25, -0.2) is 4.98 Å². The highest BCUT2D eigenvalue weighted by Gasteiger charge is 2.32. The van der Waals surface area contributed by atoms with E-state index in [0.717, 1.165) is 34.6 Å². The molecule has 1 aromatic heterocycles. The molecule has 3 aromatic rings. The fourth-order valence-corrected chi connectivity index (χ4v) is 4.64. The third-order valence-corrected chi connectivity index (χ3v) is 6.40. The first-order valence-corrected chi connectivity index (χ1v) is 10.7. The van der Waals surface area contributed by atoms with E-state index in [0.29, 0.717) is 6.04 Å². The number of anilines is 1. The van der Waals surface area contributed by atoms with Gasteiger partial charge in [-0.2, -0.15) is 0 Å². The molecule has 2 fully saturated rings. The smallest absolute Gasteiger partial charge is 0.122 e. The Kier molecular flexibility index (Phi) is 4.59. The van der Waals surface area contributed by atoms with E-state index in [1.807, 2.05) is 0 Å². The minimum Gasteiger partial charge on any atom is -0.496 e. The van der Waals surface area contributed by atoms with Crippen molar-refractivity contribution in [3.63, 3.8) is 0 Å². The molecule has 2 aliphatic rings. The van der Waals surface area contributed by atoms with Crippen molar-refractivity contribution in [2.75, 3.05) is 25.5 Å². The van der Waals surface area contributed by atoms with E-state index in [9.17, 15) is 0 Å². The maximum atomic E-state index is 5.69. The average molecular weight is 376 g/mol. The molecule has 4 nitrogen and oxygen atoms in total. The Morgan fingerprint density at radius 3 is 2.54 bits per heavy atom. The molecule has 1 aliphatic heterocycles. The number of pyridine rings is 1. The predicted molar refractivity (Wildman–Crippen MR) is 116 cm³/mol. The van der Waals surface area contributed by atoms with Gasteiger partial charge in [0, 0.05) is 35.9 Å². The molecule has 1 saturated heterocycles. The molecule has 0 unspecified atom stereocenters. The van der Waals surface area contributed by atoms with Crippen LogP contribution in [0.15, 0.2) is 36.4 Å². The first kappa shape index (κ1) is 17.7. The third kappa shape index (κ3) is 3.20. The van der Waals surface area contributed by atoms with Crippen molar-refractivity contribution >= 4 is 27.5 Å². The van der Waals surface area contributed by atoms with Crippen molar-refractivity contribution in [1.29, 1.82) is 0 Å². The highest BCUT2D eigenvalue weighted by molar-refractivity contribution is 6.08. The van der Waals surface area contributed by atoms with E-state index in [1.165, 1.54) is 55.4 Å². The van der Waals surface area contributed by atoms with Crippen LogP contribution in [0.3, 0.4) is 0 Å². The Morgan fingerprint density at radius 2 is 1.82 bits per heavy atom. The molecule has 2 heterocycles. The summed E-state index contributed by atoms with van der Waals surface area (Å²) in [6, 6.07) is 14.2. The zero-order chi connectivity index (χ0) is 19.1. The lowest BCUT2D eigenvalue weighted by molar-refractivity contribution is 0.210. The molecule has 28 heavy (non-hydrogen) atoms. The summed E-state index contributed by atoms with van der Waals surface area (Å²) in [5.74, 6) is 0.957. The fourth-order valence-electron chi connectivity index (χ4n) is 4.64. The number of aryl methyl sites for hydroxylation is 1. The molecule has 1 saturated carbocycles. The van der Waals surface area contributed by atoms with Gasteiger partial charge in [0.15, 0.2) is 0 Å². The van der Waals surface area contributed by atoms with E-state index in [-0.39, 0.29) is 0 Å². The fraction of sp³-hybridized carbons (Fsp3) is 0.458. The number of methoxy groups -OCH3 is 1. The molecule has 1 N–H and O–H groups in total. The van der Waals surface area contributed by atoms with Crippen molar-refractivity contribution in [2.24, 2.45) is 0 Å². The van der Waals surface area contributed by atoms with Gasteiger partial charge in [0.25, 0.3) is 0 Å². The van der Waals surface area contributed by atoms with Crippen LogP contribution in [-0.2, 0) is 6.42 Å². The summed E-state index contributed by atoms with van der Waals surface area (Å²) in [5, 5.41) is 6.28. The molecule has 2 aromatic carbocycles. The van der Waals surface area contributed by atoms with Crippen LogP contribution in [0, 0.1) is 0 Å². The number of ether oxygens (including phenoxy) is 1. The maximum Gasteiger partial charge on any atom is 0.122 e. The minimum atomic E-state index is 0.515. The van der Waals surface area contributed by atoms with Crippen molar-refractivity contribution in [1.82, 2.24) is 9.88 Å². The molecule has 0 atom stereocenters. The first-order valence-electron chi connectivity index (χ1n) is 10.7. The maximum absolute atomic E-state index is 5.69. The van der Waals surface area contributed by atoms with Gasteiger partial charge in [-0.3, -0.25) is 0 Å². The van der Waals surface area contributed by atoms with Crippen LogP contribution in [0.25, 0.3) is 21.8 Å². The third-order valence-electron chi connectivity index (χ3n) is 6.40. The van der Waals surface area contributed by atoms with Crippen LogP contribution >= 0.6 is 0 Å². The SMILES string of the molecule is CCc1cc2nc3ccccc3c(NC3CCN(C4CC4)CC3)c2cc1OC. The molecule has 4 heteroatoms. The average Bonchev–Trinajstić information content (AvgIpc) is 3.58. The number of hydrogen-bond donors (Lipinski definition) is 1. The number of likely N-dealkylation sites (tertiary alicyclic amines) is 1. The number of nitrogens with one attached hydrogen (secondary N) is 1. The van der Waals surface area contributed by atoms with Crippen LogP contribution in [0.2, 0.25) is 0 Å². The van der Waals surface area contributed by atoms with Crippen molar-refractivity contribution < 1.29 is 4.74 Å². The van der Waals surface area contributed by atoms with Crippen LogP contribution in [0.5, 0.6) is 5.75 Å². The zero-order valence-corrected chi connectivity index (χ0v) is 16.9. The quantitative estimate of drug-likeness (QED) is 0.637. The van der Waals surface area contributed by atoms with Gasteiger partial charge in [-0.1, -0.05) is 25.1 Å². The minimum absolute atomic E-state index is 0.515. The highest BCUT2D eigenvalue weighted by atomic mass is 16.5. The monoisotopic (exact) mass is 375 g/mol. The Balaban J connectivity index is 1.56. The van der Waals surface area contributed by atoms with Gasteiger partial charge in [-0.05, 0) is 55.9 Å². The molecule has 5 rings (SSSR count). The van der Waals surface area contributed by atoms with E-state index < -0.39 is 0 Å². The van der Waals surface area contributed by atoms with Crippen LogP contribution in [-0.4, -0.2) is 42.2 Å². The first-order chi connectivity index (χ1) is 13.8. The summed E-state index contributed by atoms with van der Waals surface area (Å²) in [6.07, 6.45) is 6.15. The summed E-state index contributed by atoms with van der Waals surface area (Å²) in [5.41, 5.74) is 4.53. The Labute approximate surface area is 166 Å². The number of nitrogens with zero attached hydrogens (tertiary/aromatic N) is 2. The van der Waals surface area contributed by atoms with E-state index in [4.69, 9.17) is 9.72 Å². The topological polar surface area (TPSA) is 37.4 Å². The lowest BCUT2D eigenvalue weighted by atomic mass is 10.0. The normalized spacial score (nSPS) is 18.6. The molecule has 0 spiro atoms. The summed E-state index contributed by atoms with van der Waals surface area (Å²) in [6.45, 7) is 4.59.